The molecule has 0 saturated carbocycles. The van der Waals surface area contributed by atoms with Crippen LogP contribution in [0.2, 0.25) is 0 Å². The van der Waals surface area contributed by atoms with Crippen LogP contribution in [0.15, 0.2) is 42.5 Å². The molecule has 0 aliphatic heterocycles. The van der Waals surface area contributed by atoms with Crippen molar-refractivity contribution >= 4 is 22.6 Å². The number of hydrogen-bond acceptors (Lipinski definition) is 1. The highest BCUT2D eigenvalue weighted by atomic mass is 35.5. The predicted molar refractivity (Wildman–Crippen MR) is 74.8 cm³/mol. The van der Waals surface area contributed by atoms with E-state index in [1.807, 2.05) is 10.6 Å². The van der Waals surface area contributed by atoms with E-state index in [2.05, 4.69) is 4.98 Å². The van der Waals surface area contributed by atoms with E-state index in [-0.39, 0.29) is 17.5 Å². The van der Waals surface area contributed by atoms with E-state index in [0.717, 1.165) is 11.1 Å². The van der Waals surface area contributed by atoms with Crippen LogP contribution in [0.1, 0.15) is 11.4 Å². The Morgan fingerprint density at radius 2 is 1.85 bits per heavy atom. The largest absolute Gasteiger partial charge is 0.322 e. The number of hydrogen-bond donors (Lipinski definition) is 0. The minimum absolute atomic E-state index is 0.214. The number of nitrogens with zero attached hydrogens (tertiary/aromatic N) is 2. The summed E-state index contributed by atoms with van der Waals surface area (Å²) in [6.45, 7) is 0.446. The molecule has 1 heterocycles. The first-order valence-electron chi connectivity index (χ1n) is 6.12. The lowest BCUT2D eigenvalue weighted by Gasteiger charge is -2.08. The summed E-state index contributed by atoms with van der Waals surface area (Å²) in [4.78, 5) is 4.31. The second-order valence-electron chi connectivity index (χ2n) is 4.51. The van der Waals surface area contributed by atoms with Gasteiger partial charge in [-0.1, -0.05) is 12.1 Å². The smallest absolute Gasteiger partial charge is 0.125 e. The highest BCUT2D eigenvalue weighted by Crippen LogP contribution is 2.20. The summed E-state index contributed by atoms with van der Waals surface area (Å²) in [5.74, 6) is 0.224. The van der Waals surface area contributed by atoms with Gasteiger partial charge in [0, 0.05) is 12.6 Å². The van der Waals surface area contributed by atoms with E-state index in [1.54, 1.807) is 12.1 Å². The molecule has 0 atom stereocenters. The molecule has 5 heteroatoms. The molecule has 0 N–H and O–H groups in total. The van der Waals surface area contributed by atoms with E-state index in [4.69, 9.17) is 11.6 Å². The van der Waals surface area contributed by atoms with Crippen LogP contribution in [0.3, 0.4) is 0 Å². The lowest BCUT2D eigenvalue weighted by atomic mass is 10.2. The summed E-state index contributed by atoms with van der Waals surface area (Å²) < 4.78 is 28.3. The molecular formula is C15H11ClF2N2. The van der Waals surface area contributed by atoms with Crippen LogP contribution < -0.4 is 0 Å². The summed E-state index contributed by atoms with van der Waals surface area (Å²) in [7, 11) is 0. The molecule has 0 radical (unpaired) electrons. The zero-order valence-electron chi connectivity index (χ0n) is 10.5. The fourth-order valence-corrected chi connectivity index (χ4v) is 2.45. The molecule has 3 aromatic rings. The van der Waals surface area contributed by atoms with Gasteiger partial charge in [0.05, 0.1) is 16.9 Å². The van der Waals surface area contributed by atoms with Crippen molar-refractivity contribution in [2.24, 2.45) is 0 Å². The van der Waals surface area contributed by atoms with Gasteiger partial charge in [-0.25, -0.2) is 13.8 Å². The molecule has 0 aliphatic rings. The van der Waals surface area contributed by atoms with E-state index >= 15 is 0 Å². The third kappa shape index (κ3) is 2.39. The number of halogens is 3. The van der Waals surface area contributed by atoms with Crippen molar-refractivity contribution in [2.45, 2.75) is 12.4 Å². The molecular weight excluding hydrogens is 282 g/mol. The molecule has 0 saturated heterocycles. The Bertz CT molecular complexity index is 768. The van der Waals surface area contributed by atoms with E-state index in [9.17, 15) is 8.78 Å². The maximum atomic E-state index is 13.2. The Morgan fingerprint density at radius 1 is 1.05 bits per heavy atom. The van der Waals surface area contributed by atoms with Crippen LogP contribution in [-0.2, 0) is 12.4 Å². The summed E-state index contributed by atoms with van der Waals surface area (Å²) in [6, 6.07) is 10.8. The molecule has 0 aliphatic carbocycles. The van der Waals surface area contributed by atoms with Gasteiger partial charge in [-0.3, -0.25) is 0 Å². The van der Waals surface area contributed by atoms with E-state index < -0.39 is 0 Å². The monoisotopic (exact) mass is 292 g/mol. The molecule has 0 spiro atoms. The molecule has 0 unspecified atom stereocenters. The molecule has 0 bridgehead atoms. The average molecular weight is 293 g/mol. The van der Waals surface area contributed by atoms with Crippen molar-refractivity contribution in [1.29, 1.82) is 0 Å². The van der Waals surface area contributed by atoms with Gasteiger partial charge in [-0.15, -0.1) is 11.6 Å². The van der Waals surface area contributed by atoms with Crippen molar-refractivity contribution < 1.29 is 8.78 Å². The van der Waals surface area contributed by atoms with Gasteiger partial charge in [0.2, 0.25) is 0 Å². The van der Waals surface area contributed by atoms with Crippen LogP contribution in [0.25, 0.3) is 11.0 Å². The molecule has 0 fully saturated rings. The van der Waals surface area contributed by atoms with E-state index in [1.165, 1.54) is 24.3 Å². The van der Waals surface area contributed by atoms with Crippen molar-refractivity contribution in [3.63, 3.8) is 0 Å². The molecule has 2 aromatic carbocycles. The second-order valence-corrected chi connectivity index (χ2v) is 4.78. The predicted octanol–water partition coefficient (Wildman–Crippen LogP) is 4.10. The first-order chi connectivity index (χ1) is 9.67. The van der Waals surface area contributed by atoms with Crippen LogP contribution in [0.4, 0.5) is 8.78 Å². The summed E-state index contributed by atoms with van der Waals surface area (Å²) in [6.07, 6.45) is 0. The van der Waals surface area contributed by atoms with Crippen molar-refractivity contribution in [1.82, 2.24) is 9.55 Å². The van der Waals surface area contributed by atoms with E-state index in [0.29, 0.717) is 17.9 Å². The SMILES string of the molecule is Fc1cccc(Cn2c(CCl)nc3cc(F)ccc32)c1. The Hall–Kier alpha value is -1.94. The second kappa shape index (κ2) is 5.21. The fourth-order valence-electron chi connectivity index (χ4n) is 2.25. The number of imidazole rings is 1. The maximum Gasteiger partial charge on any atom is 0.125 e. The number of benzene rings is 2. The molecule has 102 valence electrons. The van der Waals surface area contributed by atoms with Crippen molar-refractivity contribution in [3.8, 4) is 0 Å². The lowest BCUT2D eigenvalue weighted by Crippen LogP contribution is -2.04. The summed E-state index contributed by atoms with van der Waals surface area (Å²) >= 11 is 5.89. The topological polar surface area (TPSA) is 17.8 Å². The van der Waals surface area contributed by atoms with Crippen LogP contribution in [-0.4, -0.2) is 9.55 Å². The third-order valence-corrected chi connectivity index (χ3v) is 3.38. The van der Waals surface area contributed by atoms with Gasteiger partial charge in [0.25, 0.3) is 0 Å². The van der Waals surface area contributed by atoms with Crippen molar-refractivity contribution in [2.75, 3.05) is 0 Å². The van der Waals surface area contributed by atoms with Crippen LogP contribution in [0.5, 0.6) is 0 Å². The highest BCUT2D eigenvalue weighted by molar-refractivity contribution is 6.16. The normalized spacial score (nSPS) is 11.2. The summed E-state index contributed by atoms with van der Waals surface area (Å²) in [5, 5.41) is 0. The minimum atomic E-state index is -0.339. The first kappa shape index (κ1) is 13.1. The lowest BCUT2D eigenvalue weighted by molar-refractivity contribution is 0.623. The molecule has 0 amide bonds. The van der Waals surface area contributed by atoms with Gasteiger partial charge in [0.15, 0.2) is 0 Å². The first-order valence-corrected chi connectivity index (χ1v) is 6.66. The number of rotatable bonds is 3. The molecule has 20 heavy (non-hydrogen) atoms. The number of fused-ring (bicyclic) bond motifs is 1. The van der Waals surface area contributed by atoms with Gasteiger partial charge >= 0.3 is 0 Å². The summed E-state index contributed by atoms with van der Waals surface area (Å²) in [5.41, 5.74) is 2.14. The molecule has 3 rings (SSSR count). The Kier molecular flexibility index (Phi) is 3.40. The van der Waals surface area contributed by atoms with Gasteiger partial charge < -0.3 is 4.57 Å². The third-order valence-electron chi connectivity index (χ3n) is 3.14. The molecule has 1 aromatic heterocycles. The Morgan fingerprint density at radius 3 is 2.60 bits per heavy atom. The van der Waals surface area contributed by atoms with Crippen LogP contribution >= 0.6 is 11.6 Å². The Labute approximate surface area is 119 Å². The molecule has 2 nitrogen and oxygen atoms in total. The number of aromatic nitrogens is 2. The van der Waals surface area contributed by atoms with Crippen molar-refractivity contribution in [3.05, 3.63) is 65.5 Å². The highest BCUT2D eigenvalue weighted by Gasteiger charge is 2.11. The van der Waals surface area contributed by atoms with Gasteiger partial charge in [-0.2, -0.15) is 0 Å². The van der Waals surface area contributed by atoms with Gasteiger partial charge in [-0.05, 0) is 29.8 Å². The van der Waals surface area contributed by atoms with Crippen LogP contribution in [0, 0.1) is 11.6 Å². The minimum Gasteiger partial charge on any atom is -0.322 e. The maximum absolute atomic E-state index is 13.2. The average Bonchev–Trinajstić information content (AvgIpc) is 2.76. The number of alkyl halides is 1. The Balaban J connectivity index is 2.10. The van der Waals surface area contributed by atoms with Gasteiger partial charge in [0.1, 0.15) is 17.5 Å². The standard InChI is InChI=1S/C15H11ClF2N2/c16-8-15-19-13-7-12(18)4-5-14(13)20(15)9-10-2-1-3-11(17)6-10/h1-7H,8-9H2. The fraction of sp³-hybridized carbons (Fsp3) is 0.133. The zero-order valence-corrected chi connectivity index (χ0v) is 11.2. The zero-order chi connectivity index (χ0) is 14.1. The quantitative estimate of drug-likeness (QED) is 0.665.